The third kappa shape index (κ3) is 1.39. The molecule has 0 atom stereocenters. The quantitative estimate of drug-likeness (QED) is 0.663. The van der Waals surface area contributed by atoms with Gasteiger partial charge in [0, 0.05) is 19.4 Å². The van der Waals surface area contributed by atoms with Gasteiger partial charge in [-0.1, -0.05) is 0 Å². The standard InChI is InChI=1S/C10H14N2O/c1-3-12-9(7(2)13)6-11-10(12)8-4-5-8/h6,8H,3-5H2,1-2H3. The summed E-state index contributed by atoms with van der Waals surface area (Å²) in [5, 5.41) is 0. The van der Waals surface area contributed by atoms with E-state index in [0.29, 0.717) is 5.92 Å². The lowest BCUT2D eigenvalue weighted by Crippen LogP contribution is -2.07. The second kappa shape index (κ2) is 2.98. The molecule has 2 rings (SSSR count). The Morgan fingerprint density at radius 1 is 1.69 bits per heavy atom. The van der Waals surface area contributed by atoms with Gasteiger partial charge in [0.25, 0.3) is 0 Å². The number of rotatable bonds is 3. The van der Waals surface area contributed by atoms with E-state index >= 15 is 0 Å². The highest BCUT2D eigenvalue weighted by Gasteiger charge is 2.29. The highest BCUT2D eigenvalue weighted by molar-refractivity contribution is 5.92. The van der Waals surface area contributed by atoms with Gasteiger partial charge in [0.2, 0.25) is 0 Å². The van der Waals surface area contributed by atoms with E-state index in [1.54, 1.807) is 13.1 Å². The lowest BCUT2D eigenvalue weighted by Gasteiger charge is -2.05. The van der Waals surface area contributed by atoms with Crippen molar-refractivity contribution in [3.63, 3.8) is 0 Å². The van der Waals surface area contributed by atoms with E-state index in [1.807, 2.05) is 4.57 Å². The Labute approximate surface area is 77.8 Å². The number of ketones is 1. The lowest BCUT2D eigenvalue weighted by molar-refractivity contribution is 0.100. The summed E-state index contributed by atoms with van der Waals surface area (Å²) in [5.74, 6) is 1.84. The molecule has 0 N–H and O–H groups in total. The van der Waals surface area contributed by atoms with Gasteiger partial charge in [-0.25, -0.2) is 4.98 Å². The molecular weight excluding hydrogens is 164 g/mol. The molecule has 0 bridgehead atoms. The van der Waals surface area contributed by atoms with Crippen LogP contribution in [0.2, 0.25) is 0 Å². The zero-order chi connectivity index (χ0) is 9.42. The Morgan fingerprint density at radius 3 is 2.85 bits per heavy atom. The van der Waals surface area contributed by atoms with Crippen LogP contribution in [-0.2, 0) is 6.54 Å². The van der Waals surface area contributed by atoms with E-state index in [9.17, 15) is 4.79 Å². The highest BCUT2D eigenvalue weighted by Crippen LogP contribution is 2.39. The minimum atomic E-state index is 0.112. The Balaban J connectivity index is 2.41. The summed E-state index contributed by atoms with van der Waals surface area (Å²) in [6.07, 6.45) is 4.17. The molecule has 3 nitrogen and oxygen atoms in total. The molecule has 0 saturated heterocycles. The third-order valence-electron chi connectivity index (χ3n) is 2.51. The summed E-state index contributed by atoms with van der Waals surface area (Å²) < 4.78 is 2.04. The first kappa shape index (κ1) is 8.48. The number of hydrogen-bond donors (Lipinski definition) is 0. The van der Waals surface area contributed by atoms with Crippen LogP contribution in [0.25, 0.3) is 0 Å². The van der Waals surface area contributed by atoms with Crippen LogP contribution < -0.4 is 0 Å². The highest BCUT2D eigenvalue weighted by atomic mass is 16.1. The van der Waals surface area contributed by atoms with Gasteiger partial charge in [-0.05, 0) is 19.8 Å². The molecule has 1 saturated carbocycles. The van der Waals surface area contributed by atoms with Gasteiger partial charge in [-0.3, -0.25) is 4.79 Å². The Bertz CT molecular complexity index is 337. The molecule has 0 radical (unpaired) electrons. The van der Waals surface area contributed by atoms with E-state index in [0.717, 1.165) is 18.1 Å². The number of imidazole rings is 1. The van der Waals surface area contributed by atoms with E-state index < -0.39 is 0 Å². The molecule has 13 heavy (non-hydrogen) atoms. The number of carbonyl (C=O) groups is 1. The van der Waals surface area contributed by atoms with Crippen molar-refractivity contribution in [3.05, 3.63) is 17.7 Å². The van der Waals surface area contributed by atoms with Crippen LogP contribution in [0.5, 0.6) is 0 Å². The van der Waals surface area contributed by atoms with Crippen LogP contribution in [0.4, 0.5) is 0 Å². The van der Waals surface area contributed by atoms with Gasteiger partial charge in [-0.15, -0.1) is 0 Å². The van der Waals surface area contributed by atoms with Crippen molar-refractivity contribution in [2.75, 3.05) is 0 Å². The summed E-state index contributed by atoms with van der Waals surface area (Å²) in [4.78, 5) is 15.5. The van der Waals surface area contributed by atoms with E-state index in [-0.39, 0.29) is 5.78 Å². The first-order valence-corrected chi connectivity index (χ1v) is 4.80. The first-order chi connectivity index (χ1) is 6.24. The van der Waals surface area contributed by atoms with Gasteiger partial charge < -0.3 is 4.57 Å². The van der Waals surface area contributed by atoms with Crippen LogP contribution >= 0.6 is 0 Å². The third-order valence-corrected chi connectivity index (χ3v) is 2.51. The van der Waals surface area contributed by atoms with Crippen molar-refractivity contribution < 1.29 is 4.79 Å². The van der Waals surface area contributed by atoms with Crippen molar-refractivity contribution >= 4 is 5.78 Å². The summed E-state index contributed by atoms with van der Waals surface area (Å²) in [6.45, 7) is 4.50. The Hall–Kier alpha value is -1.12. The van der Waals surface area contributed by atoms with Crippen molar-refractivity contribution in [1.29, 1.82) is 0 Å². The topological polar surface area (TPSA) is 34.9 Å². The van der Waals surface area contributed by atoms with Crippen LogP contribution in [0.15, 0.2) is 6.20 Å². The van der Waals surface area contributed by atoms with Gasteiger partial charge >= 0.3 is 0 Å². The SMILES string of the molecule is CCn1c(C(C)=O)cnc1C1CC1. The molecule has 0 spiro atoms. The molecule has 70 valence electrons. The maximum absolute atomic E-state index is 11.2. The molecule has 0 aromatic carbocycles. The molecule has 1 heterocycles. The van der Waals surface area contributed by atoms with Crippen LogP contribution in [0.1, 0.15) is 48.9 Å². The van der Waals surface area contributed by atoms with Crippen LogP contribution in [0, 0.1) is 0 Å². The first-order valence-electron chi connectivity index (χ1n) is 4.80. The fourth-order valence-electron chi connectivity index (χ4n) is 1.67. The van der Waals surface area contributed by atoms with Gasteiger partial charge in [0.05, 0.1) is 6.20 Å². The summed E-state index contributed by atoms with van der Waals surface area (Å²) >= 11 is 0. The molecule has 0 amide bonds. The Morgan fingerprint density at radius 2 is 2.38 bits per heavy atom. The molecular formula is C10H14N2O. The van der Waals surface area contributed by atoms with Gasteiger partial charge in [-0.2, -0.15) is 0 Å². The molecule has 1 fully saturated rings. The van der Waals surface area contributed by atoms with E-state index in [1.165, 1.54) is 12.8 Å². The van der Waals surface area contributed by atoms with Crippen molar-refractivity contribution in [1.82, 2.24) is 9.55 Å². The van der Waals surface area contributed by atoms with Crippen molar-refractivity contribution in [2.45, 2.75) is 39.2 Å². The predicted octanol–water partition coefficient (Wildman–Crippen LogP) is 1.98. The summed E-state index contributed by atoms with van der Waals surface area (Å²) in [5.41, 5.74) is 0.754. The van der Waals surface area contributed by atoms with Crippen LogP contribution in [-0.4, -0.2) is 15.3 Å². The van der Waals surface area contributed by atoms with Gasteiger partial charge in [0.1, 0.15) is 11.5 Å². The molecule has 3 heteroatoms. The van der Waals surface area contributed by atoms with Gasteiger partial charge in [0.15, 0.2) is 5.78 Å². The summed E-state index contributed by atoms with van der Waals surface area (Å²) in [6, 6.07) is 0. The van der Waals surface area contributed by atoms with E-state index in [2.05, 4.69) is 11.9 Å². The second-order valence-electron chi connectivity index (χ2n) is 3.58. The lowest BCUT2D eigenvalue weighted by atomic mass is 10.3. The molecule has 0 unspecified atom stereocenters. The largest absolute Gasteiger partial charge is 0.326 e. The fourth-order valence-corrected chi connectivity index (χ4v) is 1.67. The second-order valence-corrected chi connectivity index (χ2v) is 3.58. The number of Topliss-reactive ketones (excluding diaryl/α,β-unsaturated/α-hetero) is 1. The fraction of sp³-hybridized carbons (Fsp3) is 0.600. The minimum absolute atomic E-state index is 0.112. The maximum Gasteiger partial charge on any atom is 0.177 e. The van der Waals surface area contributed by atoms with Crippen molar-refractivity contribution in [2.24, 2.45) is 0 Å². The number of carbonyl (C=O) groups excluding carboxylic acids is 1. The molecule has 1 aromatic heterocycles. The molecule has 1 aromatic rings. The average Bonchev–Trinajstić information content (AvgIpc) is 2.84. The monoisotopic (exact) mass is 178 g/mol. The maximum atomic E-state index is 11.2. The van der Waals surface area contributed by atoms with Crippen LogP contribution in [0.3, 0.4) is 0 Å². The molecule has 0 aliphatic heterocycles. The minimum Gasteiger partial charge on any atom is -0.326 e. The molecule has 1 aliphatic rings. The normalized spacial score (nSPS) is 16.2. The zero-order valence-electron chi connectivity index (χ0n) is 8.08. The smallest absolute Gasteiger partial charge is 0.177 e. The zero-order valence-corrected chi connectivity index (χ0v) is 8.08. The van der Waals surface area contributed by atoms with E-state index in [4.69, 9.17) is 0 Å². The number of nitrogens with zero attached hydrogens (tertiary/aromatic N) is 2. The average molecular weight is 178 g/mol. The molecule has 1 aliphatic carbocycles. The van der Waals surface area contributed by atoms with Crippen molar-refractivity contribution in [3.8, 4) is 0 Å². The summed E-state index contributed by atoms with van der Waals surface area (Å²) in [7, 11) is 0. The Kier molecular flexibility index (Phi) is 1.94. The number of aromatic nitrogens is 2. The number of hydrogen-bond acceptors (Lipinski definition) is 2. The predicted molar refractivity (Wildman–Crippen MR) is 49.9 cm³/mol.